The van der Waals surface area contributed by atoms with E-state index in [2.05, 4.69) is 5.32 Å². The van der Waals surface area contributed by atoms with E-state index in [0.29, 0.717) is 37.2 Å². The van der Waals surface area contributed by atoms with Gasteiger partial charge in [-0.1, -0.05) is 0 Å². The number of likely N-dealkylation sites (tertiary alicyclic amines) is 1. The smallest absolute Gasteiger partial charge is 0.257 e. The fourth-order valence-corrected chi connectivity index (χ4v) is 2.89. The van der Waals surface area contributed by atoms with Crippen LogP contribution in [-0.4, -0.2) is 48.1 Å². The molecule has 7 heteroatoms. The summed E-state index contributed by atoms with van der Waals surface area (Å²) in [6, 6.07) is 6.16. The Morgan fingerprint density at radius 3 is 2.64 bits per heavy atom. The summed E-state index contributed by atoms with van der Waals surface area (Å²) in [6.45, 7) is 1.12. The molecule has 0 spiro atoms. The molecule has 1 aromatic carbocycles. The summed E-state index contributed by atoms with van der Waals surface area (Å²) in [6.07, 6.45) is 4.22. The normalized spacial score (nSPS) is 15.0. The van der Waals surface area contributed by atoms with Crippen LogP contribution in [0, 0.1) is 0 Å². The Labute approximate surface area is 145 Å². The van der Waals surface area contributed by atoms with Gasteiger partial charge < -0.3 is 24.5 Å². The van der Waals surface area contributed by atoms with Crippen molar-refractivity contribution in [1.29, 1.82) is 0 Å². The van der Waals surface area contributed by atoms with Gasteiger partial charge in [0, 0.05) is 25.2 Å². The van der Waals surface area contributed by atoms with Gasteiger partial charge in [-0.2, -0.15) is 0 Å². The minimum atomic E-state index is -0.334. The number of nitrogens with zero attached hydrogens (tertiary/aromatic N) is 1. The summed E-state index contributed by atoms with van der Waals surface area (Å²) in [5.41, 5.74) is 0.739. The Kier molecular flexibility index (Phi) is 4.92. The molecule has 7 nitrogen and oxygen atoms in total. The predicted molar refractivity (Wildman–Crippen MR) is 89.8 cm³/mol. The van der Waals surface area contributed by atoms with Crippen molar-refractivity contribution >= 4 is 11.8 Å². The molecule has 3 rings (SSSR count). The molecule has 1 aromatic heterocycles. The lowest BCUT2D eigenvalue weighted by molar-refractivity contribution is 0.0697. The molecule has 1 fully saturated rings. The van der Waals surface area contributed by atoms with Crippen LogP contribution >= 0.6 is 0 Å². The first-order valence-electron chi connectivity index (χ1n) is 8.08. The van der Waals surface area contributed by atoms with Crippen LogP contribution < -0.4 is 10.1 Å². The van der Waals surface area contributed by atoms with Gasteiger partial charge >= 0.3 is 0 Å². The average Bonchev–Trinajstić information content (AvgIpc) is 3.16. The van der Waals surface area contributed by atoms with E-state index in [4.69, 9.17) is 9.15 Å². The first kappa shape index (κ1) is 16.9. The van der Waals surface area contributed by atoms with E-state index in [1.54, 1.807) is 17.0 Å². The van der Waals surface area contributed by atoms with Crippen molar-refractivity contribution in [2.24, 2.45) is 0 Å². The minimum absolute atomic E-state index is 0.0394. The minimum Gasteiger partial charge on any atom is -0.507 e. The number of carbonyl (C=O) groups excluding carboxylic acids is 2. The first-order chi connectivity index (χ1) is 12.1. The average molecular weight is 344 g/mol. The van der Waals surface area contributed by atoms with E-state index in [1.165, 1.54) is 31.8 Å². The Hall–Kier alpha value is -2.96. The van der Waals surface area contributed by atoms with Gasteiger partial charge in [0.15, 0.2) is 0 Å². The second kappa shape index (κ2) is 7.29. The van der Waals surface area contributed by atoms with E-state index in [-0.39, 0.29) is 29.2 Å². The number of nitrogens with one attached hydrogen (secondary N) is 1. The van der Waals surface area contributed by atoms with Crippen molar-refractivity contribution in [3.63, 3.8) is 0 Å². The van der Waals surface area contributed by atoms with E-state index in [9.17, 15) is 14.7 Å². The van der Waals surface area contributed by atoms with Crippen LogP contribution in [0.3, 0.4) is 0 Å². The maximum Gasteiger partial charge on any atom is 0.257 e. The molecule has 0 radical (unpaired) electrons. The third-order valence-corrected chi connectivity index (χ3v) is 4.34. The number of carbonyl (C=O) groups is 2. The molecule has 2 heterocycles. The lowest BCUT2D eigenvalue weighted by atomic mass is 10.0. The fraction of sp³-hybridized carbons (Fsp3) is 0.333. The number of aromatic hydroxyl groups is 1. The number of phenols is 1. The maximum atomic E-state index is 12.3. The molecule has 2 N–H and O–H groups in total. The number of hydrogen-bond donors (Lipinski definition) is 2. The van der Waals surface area contributed by atoms with E-state index < -0.39 is 0 Å². The van der Waals surface area contributed by atoms with E-state index in [1.807, 2.05) is 0 Å². The highest BCUT2D eigenvalue weighted by atomic mass is 16.5. The van der Waals surface area contributed by atoms with Crippen molar-refractivity contribution in [1.82, 2.24) is 10.2 Å². The second-order valence-electron chi connectivity index (χ2n) is 5.94. The summed E-state index contributed by atoms with van der Waals surface area (Å²) in [7, 11) is 1.49. The molecular weight excluding hydrogens is 324 g/mol. The lowest BCUT2D eigenvalue weighted by Gasteiger charge is -2.32. The Morgan fingerprint density at radius 1 is 1.28 bits per heavy atom. The maximum absolute atomic E-state index is 12.3. The molecule has 2 aromatic rings. The third kappa shape index (κ3) is 3.76. The van der Waals surface area contributed by atoms with Crippen LogP contribution in [-0.2, 0) is 0 Å². The number of phenolic OH excluding ortho intramolecular Hbond substituents is 1. The number of rotatable bonds is 4. The van der Waals surface area contributed by atoms with Gasteiger partial charge in [-0.05, 0) is 31.0 Å². The monoisotopic (exact) mass is 344 g/mol. The molecule has 1 aliphatic rings. The van der Waals surface area contributed by atoms with Gasteiger partial charge in [0.2, 0.25) is 0 Å². The fourth-order valence-electron chi connectivity index (χ4n) is 2.89. The summed E-state index contributed by atoms with van der Waals surface area (Å²) < 4.78 is 9.95. The zero-order valence-electron chi connectivity index (χ0n) is 13.9. The number of hydrogen-bond acceptors (Lipinski definition) is 5. The highest BCUT2D eigenvalue weighted by molar-refractivity contribution is 5.97. The highest BCUT2D eigenvalue weighted by Gasteiger charge is 2.25. The summed E-state index contributed by atoms with van der Waals surface area (Å²) in [4.78, 5) is 26.3. The van der Waals surface area contributed by atoms with Crippen molar-refractivity contribution < 1.29 is 23.8 Å². The van der Waals surface area contributed by atoms with Gasteiger partial charge in [-0.15, -0.1) is 0 Å². The largest absolute Gasteiger partial charge is 0.507 e. The van der Waals surface area contributed by atoms with Crippen LogP contribution in [0.4, 0.5) is 0 Å². The van der Waals surface area contributed by atoms with Crippen molar-refractivity contribution in [3.8, 4) is 11.5 Å². The number of ether oxygens (including phenoxy) is 1. The first-order valence-corrected chi connectivity index (χ1v) is 8.08. The second-order valence-corrected chi connectivity index (χ2v) is 5.94. The van der Waals surface area contributed by atoms with Crippen LogP contribution in [0.2, 0.25) is 0 Å². The van der Waals surface area contributed by atoms with Gasteiger partial charge in [-0.3, -0.25) is 9.59 Å². The molecule has 132 valence electrons. The Bertz CT molecular complexity index is 749. The van der Waals surface area contributed by atoms with Crippen LogP contribution in [0.25, 0.3) is 0 Å². The molecule has 2 amide bonds. The topological polar surface area (TPSA) is 92.0 Å². The zero-order chi connectivity index (χ0) is 17.8. The van der Waals surface area contributed by atoms with Crippen molar-refractivity contribution in [3.05, 3.63) is 47.9 Å². The lowest BCUT2D eigenvalue weighted by Crippen LogP contribution is -2.46. The van der Waals surface area contributed by atoms with Gasteiger partial charge in [0.05, 0.1) is 24.5 Å². The number of piperidine rings is 1. The van der Waals surface area contributed by atoms with Crippen LogP contribution in [0.1, 0.15) is 33.6 Å². The number of benzene rings is 1. The molecule has 0 saturated carbocycles. The SMILES string of the molecule is COc1ccc(C(=O)NC2CCN(C(=O)c3ccoc3)CC2)c(O)c1. The van der Waals surface area contributed by atoms with Crippen molar-refractivity contribution in [2.45, 2.75) is 18.9 Å². The standard InChI is InChI=1S/C18H20N2O5/c1-24-14-2-3-15(16(21)10-14)17(22)19-13-4-7-20(8-5-13)18(23)12-6-9-25-11-12/h2-3,6,9-11,13,21H,4-5,7-8H2,1H3,(H,19,22). The van der Waals surface area contributed by atoms with Gasteiger partial charge in [0.25, 0.3) is 11.8 Å². The van der Waals surface area contributed by atoms with E-state index >= 15 is 0 Å². The van der Waals surface area contributed by atoms with Gasteiger partial charge in [0.1, 0.15) is 17.8 Å². The molecule has 0 unspecified atom stereocenters. The number of methoxy groups -OCH3 is 1. The molecule has 0 atom stereocenters. The molecule has 1 aliphatic heterocycles. The molecular formula is C18H20N2O5. The van der Waals surface area contributed by atoms with E-state index in [0.717, 1.165) is 0 Å². The third-order valence-electron chi connectivity index (χ3n) is 4.34. The number of furan rings is 1. The predicted octanol–water partition coefficient (Wildman–Crippen LogP) is 2.03. The highest BCUT2D eigenvalue weighted by Crippen LogP contribution is 2.24. The molecule has 25 heavy (non-hydrogen) atoms. The summed E-state index contributed by atoms with van der Waals surface area (Å²) >= 11 is 0. The number of amides is 2. The summed E-state index contributed by atoms with van der Waals surface area (Å²) in [5.74, 6) is -0.0318. The molecule has 1 saturated heterocycles. The summed E-state index contributed by atoms with van der Waals surface area (Å²) in [5, 5.41) is 12.9. The zero-order valence-corrected chi connectivity index (χ0v) is 13.9. The molecule has 0 aliphatic carbocycles. The van der Waals surface area contributed by atoms with Gasteiger partial charge in [-0.25, -0.2) is 0 Å². The van der Waals surface area contributed by atoms with Crippen molar-refractivity contribution in [2.75, 3.05) is 20.2 Å². The van der Waals surface area contributed by atoms with Crippen LogP contribution in [0.15, 0.2) is 41.2 Å². The van der Waals surface area contributed by atoms with Crippen LogP contribution in [0.5, 0.6) is 11.5 Å². The molecule has 0 bridgehead atoms. The Morgan fingerprint density at radius 2 is 2.04 bits per heavy atom. The Balaban J connectivity index is 1.55. The quantitative estimate of drug-likeness (QED) is 0.885.